The Morgan fingerprint density at radius 3 is 2.88 bits per heavy atom. The quantitative estimate of drug-likeness (QED) is 0.711. The van der Waals surface area contributed by atoms with E-state index in [2.05, 4.69) is 25.9 Å². The Balaban J connectivity index is 2.15. The molecule has 0 spiro atoms. The summed E-state index contributed by atoms with van der Waals surface area (Å²) in [5.41, 5.74) is 0.924. The van der Waals surface area contributed by atoms with Crippen LogP contribution in [0.2, 0.25) is 0 Å². The smallest absolute Gasteiger partial charge is 0.242 e. The van der Waals surface area contributed by atoms with Crippen molar-refractivity contribution in [2.75, 3.05) is 24.2 Å². The van der Waals surface area contributed by atoms with Crippen LogP contribution in [0.15, 0.2) is 6.33 Å². The van der Waals surface area contributed by atoms with E-state index >= 15 is 0 Å². The van der Waals surface area contributed by atoms with Gasteiger partial charge in [0.25, 0.3) is 0 Å². The van der Waals surface area contributed by atoms with Crippen LogP contribution in [-0.4, -0.2) is 35.5 Å². The largest absolute Gasteiger partial charge is 0.373 e. The van der Waals surface area contributed by atoms with Crippen molar-refractivity contribution in [3.05, 3.63) is 11.9 Å². The third kappa shape index (κ3) is 2.46. The van der Waals surface area contributed by atoms with Gasteiger partial charge in [-0.25, -0.2) is 9.97 Å². The topological polar surface area (TPSA) is 78.9 Å². The highest BCUT2D eigenvalue weighted by Gasteiger charge is 2.22. The average molecular weight is 235 g/mol. The van der Waals surface area contributed by atoms with Crippen molar-refractivity contribution in [2.45, 2.75) is 25.8 Å². The summed E-state index contributed by atoms with van der Waals surface area (Å²) in [7, 11) is 1.81. The molecule has 2 heterocycles. The average Bonchev–Trinajstić information content (AvgIpc) is 2.34. The second kappa shape index (κ2) is 4.99. The van der Waals surface area contributed by atoms with E-state index in [-0.39, 0.29) is 11.9 Å². The van der Waals surface area contributed by atoms with Crippen molar-refractivity contribution in [1.29, 1.82) is 0 Å². The number of carbonyl (C=O) groups is 1. The molecule has 1 amide bonds. The second-order valence-electron chi connectivity index (χ2n) is 4.08. The monoisotopic (exact) mass is 235 g/mol. The number of amides is 1. The molecule has 1 saturated heterocycles. The molecule has 1 aliphatic heterocycles. The lowest BCUT2D eigenvalue weighted by Crippen LogP contribution is -2.44. The number of nitrogens with one attached hydrogen (secondary N) is 3. The van der Waals surface area contributed by atoms with Crippen molar-refractivity contribution >= 4 is 17.5 Å². The number of hydrogen-bond acceptors (Lipinski definition) is 5. The lowest BCUT2D eigenvalue weighted by atomic mass is 10.1. The molecule has 0 radical (unpaired) electrons. The number of carbonyl (C=O) groups excluding carboxylic acids is 1. The normalized spacial score (nSPS) is 19.6. The summed E-state index contributed by atoms with van der Waals surface area (Å²) in [6.45, 7) is 2.69. The molecule has 0 aliphatic carbocycles. The molecule has 1 aliphatic rings. The van der Waals surface area contributed by atoms with Gasteiger partial charge < -0.3 is 16.0 Å². The van der Waals surface area contributed by atoms with Crippen molar-refractivity contribution < 1.29 is 4.79 Å². The molecule has 0 saturated carbocycles. The zero-order valence-corrected chi connectivity index (χ0v) is 10.1. The zero-order valence-electron chi connectivity index (χ0n) is 10.1. The number of anilines is 2. The molecule has 6 nitrogen and oxygen atoms in total. The van der Waals surface area contributed by atoms with Crippen LogP contribution in [-0.2, 0) is 4.79 Å². The zero-order chi connectivity index (χ0) is 12.3. The van der Waals surface area contributed by atoms with E-state index in [1.54, 1.807) is 0 Å². The van der Waals surface area contributed by atoms with Crippen LogP contribution in [0.3, 0.4) is 0 Å². The molecule has 1 unspecified atom stereocenters. The number of nitrogens with zero attached hydrogens (tertiary/aromatic N) is 2. The predicted molar refractivity (Wildman–Crippen MR) is 66.0 cm³/mol. The number of piperidine rings is 1. The van der Waals surface area contributed by atoms with Gasteiger partial charge >= 0.3 is 0 Å². The molecule has 92 valence electrons. The van der Waals surface area contributed by atoms with E-state index in [0.717, 1.165) is 30.8 Å². The van der Waals surface area contributed by atoms with Gasteiger partial charge in [0, 0.05) is 19.2 Å². The molecule has 2 rings (SSSR count). The molecule has 1 aromatic heterocycles. The highest BCUT2D eigenvalue weighted by Crippen LogP contribution is 2.19. The first-order valence-electron chi connectivity index (χ1n) is 5.76. The SMILES string of the molecule is CNc1ncnc(NC2CCCNC2=O)c1C. The van der Waals surface area contributed by atoms with E-state index in [9.17, 15) is 4.79 Å². The van der Waals surface area contributed by atoms with Gasteiger partial charge in [0.15, 0.2) is 0 Å². The summed E-state index contributed by atoms with van der Waals surface area (Å²) in [6, 6.07) is -0.193. The van der Waals surface area contributed by atoms with Crippen molar-refractivity contribution in [3.63, 3.8) is 0 Å². The molecule has 3 N–H and O–H groups in total. The predicted octanol–water partition coefficient (Wildman–Crippen LogP) is 0.517. The Hall–Kier alpha value is -1.85. The Bertz CT molecular complexity index is 420. The number of rotatable bonds is 3. The van der Waals surface area contributed by atoms with E-state index in [0.29, 0.717) is 5.82 Å². The van der Waals surface area contributed by atoms with Crippen molar-refractivity contribution in [3.8, 4) is 0 Å². The molecular weight excluding hydrogens is 218 g/mol. The summed E-state index contributed by atoms with van der Waals surface area (Å²) in [6.07, 6.45) is 3.32. The fourth-order valence-corrected chi connectivity index (χ4v) is 1.92. The Morgan fingerprint density at radius 2 is 2.18 bits per heavy atom. The van der Waals surface area contributed by atoms with Crippen molar-refractivity contribution in [2.24, 2.45) is 0 Å². The standard InChI is InChI=1S/C11H17N5O/c1-7-9(12-2)14-6-15-10(7)16-8-4-3-5-13-11(8)17/h6,8H,3-5H2,1-2H3,(H,13,17)(H2,12,14,15,16). The van der Waals surface area contributed by atoms with Crippen LogP contribution in [0, 0.1) is 6.92 Å². The maximum absolute atomic E-state index is 11.6. The Kier molecular flexibility index (Phi) is 3.41. The van der Waals surface area contributed by atoms with Gasteiger partial charge in [-0.15, -0.1) is 0 Å². The molecule has 0 aromatic carbocycles. The minimum atomic E-state index is -0.193. The Labute approximate surface area is 100 Å². The van der Waals surface area contributed by atoms with Crippen LogP contribution in [0.1, 0.15) is 18.4 Å². The van der Waals surface area contributed by atoms with Crippen LogP contribution >= 0.6 is 0 Å². The lowest BCUT2D eigenvalue weighted by molar-refractivity contribution is -0.123. The van der Waals surface area contributed by atoms with Crippen LogP contribution in [0.4, 0.5) is 11.6 Å². The van der Waals surface area contributed by atoms with Crippen molar-refractivity contribution in [1.82, 2.24) is 15.3 Å². The number of aromatic nitrogens is 2. The second-order valence-corrected chi connectivity index (χ2v) is 4.08. The molecule has 1 aromatic rings. The summed E-state index contributed by atoms with van der Waals surface area (Å²) in [5.74, 6) is 1.53. The maximum Gasteiger partial charge on any atom is 0.242 e. The minimum Gasteiger partial charge on any atom is -0.373 e. The van der Waals surface area contributed by atoms with E-state index < -0.39 is 0 Å². The molecular formula is C11H17N5O. The van der Waals surface area contributed by atoms with Gasteiger partial charge in [-0.2, -0.15) is 0 Å². The third-order valence-corrected chi connectivity index (χ3v) is 2.92. The lowest BCUT2D eigenvalue weighted by Gasteiger charge is -2.24. The third-order valence-electron chi connectivity index (χ3n) is 2.92. The fourth-order valence-electron chi connectivity index (χ4n) is 1.92. The summed E-state index contributed by atoms with van der Waals surface area (Å²) < 4.78 is 0. The summed E-state index contributed by atoms with van der Waals surface area (Å²) in [5, 5.41) is 9.00. The van der Waals surface area contributed by atoms with Gasteiger partial charge in [-0.05, 0) is 19.8 Å². The first-order chi connectivity index (χ1) is 8.22. The highest BCUT2D eigenvalue weighted by molar-refractivity contribution is 5.85. The van der Waals surface area contributed by atoms with Gasteiger partial charge in [0.05, 0.1) is 0 Å². The molecule has 6 heteroatoms. The summed E-state index contributed by atoms with van der Waals surface area (Å²) >= 11 is 0. The molecule has 1 fully saturated rings. The first kappa shape index (κ1) is 11.6. The number of hydrogen-bond donors (Lipinski definition) is 3. The minimum absolute atomic E-state index is 0.0419. The molecule has 0 bridgehead atoms. The molecule has 17 heavy (non-hydrogen) atoms. The molecule has 1 atom stereocenters. The van der Waals surface area contributed by atoms with E-state index in [4.69, 9.17) is 0 Å². The van der Waals surface area contributed by atoms with Crippen LogP contribution < -0.4 is 16.0 Å². The van der Waals surface area contributed by atoms with Gasteiger partial charge in [0.1, 0.15) is 24.0 Å². The van der Waals surface area contributed by atoms with Crippen LogP contribution in [0.5, 0.6) is 0 Å². The summed E-state index contributed by atoms with van der Waals surface area (Å²) in [4.78, 5) is 19.9. The fraction of sp³-hybridized carbons (Fsp3) is 0.545. The highest BCUT2D eigenvalue weighted by atomic mass is 16.2. The van der Waals surface area contributed by atoms with Gasteiger partial charge in [0.2, 0.25) is 5.91 Å². The van der Waals surface area contributed by atoms with Crippen LogP contribution in [0.25, 0.3) is 0 Å². The van der Waals surface area contributed by atoms with E-state index in [1.807, 2.05) is 14.0 Å². The van der Waals surface area contributed by atoms with Gasteiger partial charge in [-0.1, -0.05) is 0 Å². The Morgan fingerprint density at radius 1 is 1.41 bits per heavy atom. The first-order valence-corrected chi connectivity index (χ1v) is 5.76. The maximum atomic E-state index is 11.6. The van der Waals surface area contributed by atoms with E-state index in [1.165, 1.54) is 6.33 Å². The van der Waals surface area contributed by atoms with Gasteiger partial charge in [-0.3, -0.25) is 4.79 Å².